The molecule has 1 saturated carbocycles. The molecular formula is C20H26KNO. The van der Waals surface area contributed by atoms with Crippen molar-refractivity contribution in [1.29, 1.82) is 0 Å². The average molecular weight is 336 g/mol. The van der Waals surface area contributed by atoms with Gasteiger partial charge in [-0.1, -0.05) is 47.9 Å². The molecule has 0 heterocycles. The van der Waals surface area contributed by atoms with Gasteiger partial charge in [0.2, 0.25) is 0 Å². The van der Waals surface area contributed by atoms with Crippen LogP contribution in [0.25, 0.3) is 0 Å². The Morgan fingerprint density at radius 3 is 2.52 bits per heavy atom. The third-order valence-corrected chi connectivity index (χ3v) is 5.17. The molecule has 3 heteroatoms. The zero-order valence-corrected chi connectivity index (χ0v) is 17.4. The van der Waals surface area contributed by atoms with Crippen molar-refractivity contribution < 1.29 is 56.2 Å². The van der Waals surface area contributed by atoms with Crippen LogP contribution in [0.3, 0.4) is 0 Å². The second kappa shape index (κ2) is 9.52. The quantitative estimate of drug-likeness (QED) is 0.473. The van der Waals surface area contributed by atoms with E-state index in [0.29, 0.717) is 6.42 Å². The maximum Gasteiger partial charge on any atom is 1.00 e. The van der Waals surface area contributed by atoms with Gasteiger partial charge in [0.05, 0.1) is 0 Å². The van der Waals surface area contributed by atoms with Crippen LogP contribution >= 0.6 is 0 Å². The van der Waals surface area contributed by atoms with Gasteiger partial charge < -0.3 is 5.32 Å². The maximum atomic E-state index is 12.2. The number of nitrogens with one attached hydrogen (secondary N) is 1. The van der Waals surface area contributed by atoms with Gasteiger partial charge in [-0.25, -0.2) is 6.04 Å². The van der Waals surface area contributed by atoms with Gasteiger partial charge in [-0.2, -0.15) is 0 Å². The summed E-state index contributed by atoms with van der Waals surface area (Å²) in [6.45, 7) is 3.83. The van der Waals surface area contributed by atoms with E-state index in [2.05, 4.69) is 36.2 Å². The first-order valence-corrected chi connectivity index (χ1v) is 8.57. The molecule has 0 aromatic heterocycles. The minimum absolute atomic E-state index is 0. The Morgan fingerprint density at radius 2 is 1.87 bits per heavy atom. The van der Waals surface area contributed by atoms with E-state index in [1.54, 1.807) is 0 Å². The minimum atomic E-state index is 0. The largest absolute Gasteiger partial charge is 1.00 e. The number of rotatable bonds is 6. The van der Waals surface area contributed by atoms with Crippen LogP contribution in [0, 0.1) is 17.9 Å². The Labute approximate surface area is 182 Å². The van der Waals surface area contributed by atoms with Gasteiger partial charge in [-0.3, -0.25) is 4.79 Å². The van der Waals surface area contributed by atoms with Crippen LogP contribution in [0.2, 0.25) is 0 Å². The fourth-order valence-corrected chi connectivity index (χ4v) is 4.00. The van der Waals surface area contributed by atoms with E-state index < -0.39 is 0 Å². The van der Waals surface area contributed by atoms with Gasteiger partial charge in [0.25, 0.3) is 0 Å². The number of fused-ring (bicyclic) bond motifs is 1. The smallest absolute Gasteiger partial charge is 0.502 e. The molecule has 0 spiro atoms. The standard InChI is InChI=1S/C20H26NO.K/c1-2-5-15-8-9-16(12-15)10-11-20(22)21-19-13-17-6-3-4-7-18(17)14-19;/h2-4,6-7,15-16H,1,5,8-14H2,(H,21,22);/q-1;+1. The van der Waals surface area contributed by atoms with Gasteiger partial charge in [0.1, 0.15) is 0 Å². The number of amides is 1. The van der Waals surface area contributed by atoms with Crippen molar-refractivity contribution in [2.24, 2.45) is 11.8 Å². The van der Waals surface area contributed by atoms with Crippen LogP contribution in [0.1, 0.15) is 49.7 Å². The van der Waals surface area contributed by atoms with Crippen LogP contribution in [0.4, 0.5) is 0 Å². The SMILES string of the molecule is C=CCC1CCC(CCC(=O)N[C-]2Cc3ccccc3C2)C1.[K+]. The molecule has 0 bridgehead atoms. The molecule has 2 unspecified atom stereocenters. The third-order valence-electron chi connectivity index (χ3n) is 5.17. The second-order valence-electron chi connectivity index (χ2n) is 6.88. The van der Waals surface area contributed by atoms with Crippen LogP contribution in [0.15, 0.2) is 36.9 Å². The number of benzene rings is 1. The molecule has 1 N–H and O–H groups in total. The van der Waals surface area contributed by atoms with E-state index >= 15 is 0 Å². The van der Waals surface area contributed by atoms with Gasteiger partial charge >= 0.3 is 51.4 Å². The first-order valence-electron chi connectivity index (χ1n) is 8.57. The number of hydrogen-bond acceptors (Lipinski definition) is 1. The minimum Gasteiger partial charge on any atom is -0.502 e. The van der Waals surface area contributed by atoms with Gasteiger partial charge in [-0.05, 0) is 37.5 Å². The molecule has 1 aromatic carbocycles. The molecular weight excluding hydrogens is 309 g/mol. The Hall–Kier alpha value is 0.0664. The summed E-state index contributed by atoms with van der Waals surface area (Å²) in [5, 5.41) is 3.15. The summed E-state index contributed by atoms with van der Waals surface area (Å²) in [5.74, 6) is 1.75. The molecule has 3 rings (SSSR count). The number of allylic oxidation sites excluding steroid dienone is 1. The molecule has 0 radical (unpaired) electrons. The van der Waals surface area contributed by atoms with Crippen molar-refractivity contribution in [3.8, 4) is 0 Å². The van der Waals surface area contributed by atoms with Crippen LogP contribution < -0.4 is 56.7 Å². The van der Waals surface area contributed by atoms with E-state index in [4.69, 9.17) is 0 Å². The summed E-state index contributed by atoms with van der Waals surface area (Å²) in [4.78, 5) is 12.2. The Kier molecular flexibility index (Phi) is 8.03. The van der Waals surface area contributed by atoms with E-state index in [1.807, 2.05) is 6.08 Å². The fraction of sp³-hybridized carbons (Fsp3) is 0.500. The summed E-state index contributed by atoms with van der Waals surface area (Å²) in [6.07, 6.45) is 10.6. The van der Waals surface area contributed by atoms with Crippen LogP contribution in [0.5, 0.6) is 0 Å². The summed E-state index contributed by atoms with van der Waals surface area (Å²) in [5.41, 5.74) is 2.72. The average Bonchev–Trinajstić information content (AvgIpc) is 3.11. The molecule has 2 nitrogen and oxygen atoms in total. The molecule has 23 heavy (non-hydrogen) atoms. The third kappa shape index (κ3) is 5.53. The molecule has 0 aliphatic heterocycles. The Balaban J connectivity index is 0.00000192. The van der Waals surface area contributed by atoms with Crippen molar-refractivity contribution in [2.75, 3.05) is 0 Å². The molecule has 2 aliphatic carbocycles. The zero-order valence-electron chi connectivity index (χ0n) is 14.3. The molecule has 2 atom stereocenters. The van der Waals surface area contributed by atoms with Crippen molar-refractivity contribution in [1.82, 2.24) is 5.32 Å². The Bertz CT molecular complexity index is 517. The van der Waals surface area contributed by atoms with Crippen molar-refractivity contribution in [3.05, 3.63) is 54.1 Å². The summed E-state index contributed by atoms with van der Waals surface area (Å²) >= 11 is 0. The number of carbonyl (C=O) groups is 1. The molecule has 118 valence electrons. The summed E-state index contributed by atoms with van der Waals surface area (Å²) in [7, 11) is 0. The van der Waals surface area contributed by atoms with Crippen molar-refractivity contribution >= 4 is 5.91 Å². The van der Waals surface area contributed by atoms with Crippen molar-refractivity contribution in [3.63, 3.8) is 0 Å². The number of carbonyl (C=O) groups excluding carboxylic acids is 1. The topological polar surface area (TPSA) is 29.1 Å². The predicted molar refractivity (Wildman–Crippen MR) is 90.1 cm³/mol. The number of hydrogen-bond donors (Lipinski definition) is 1. The zero-order chi connectivity index (χ0) is 15.4. The van der Waals surface area contributed by atoms with Gasteiger partial charge in [0, 0.05) is 6.42 Å². The maximum absolute atomic E-state index is 12.2. The van der Waals surface area contributed by atoms with E-state index in [1.165, 1.54) is 36.4 Å². The van der Waals surface area contributed by atoms with Gasteiger partial charge in [-0.15, -0.1) is 19.4 Å². The molecule has 1 amide bonds. The monoisotopic (exact) mass is 335 g/mol. The molecule has 0 saturated heterocycles. The first-order chi connectivity index (χ1) is 10.7. The van der Waals surface area contributed by atoms with E-state index in [-0.39, 0.29) is 57.3 Å². The van der Waals surface area contributed by atoms with Gasteiger partial charge in [0.15, 0.2) is 5.91 Å². The van der Waals surface area contributed by atoms with E-state index in [9.17, 15) is 4.79 Å². The van der Waals surface area contributed by atoms with Crippen LogP contribution in [-0.4, -0.2) is 5.91 Å². The van der Waals surface area contributed by atoms with E-state index in [0.717, 1.165) is 37.5 Å². The molecule has 2 aliphatic rings. The molecule has 1 aromatic rings. The Morgan fingerprint density at radius 1 is 1.22 bits per heavy atom. The predicted octanol–water partition coefficient (Wildman–Crippen LogP) is 1.21. The fourth-order valence-electron chi connectivity index (χ4n) is 4.00. The summed E-state index contributed by atoms with van der Waals surface area (Å²) < 4.78 is 0. The normalized spacial score (nSPS) is 23.1. The summed E-state index contributed by atoms with van der Waals surface area (Å²) in [6, 6.07) is 9.63. The van der Waals surface area contributed by atoms with Crippen molar-refractivity contribution in [2.45, 2.75) is 51.4 Å². The first kappa shape index (κ1) is 19.4. The van der Waals surface area contributed by atoms with Crippen LogP contribution in [-0.2, 0) is 17.6 Å². The molecule has 1 fully saturated rings. The second-order valence-corrected chi connectivity index (χ2v) is 6.88.